The molecule has 0 saturated heterocycles. The number of alkyl halides is 2. The summed E-state index contributed by atoms with van der Waals surface area (Å²) >= 11 is 0. The maximum absolute atomic E-state index is 12.1. The molecule has 0 unspecified atom stereocenters. The minimum Gasteiger partial charge on any atom is -0.445 e. The van der Waals surface area contributed by atoms with E-state index in [-0.39, 0.29) is 0 Å². The van der Waals surface area contributed by atoms with Crippen LogP contribution in [0, 0.1) is 0 Å². The molecule has 0 aromatic heterocycles. The number of benzene rings is 1. The summed E-state index contributed by atoms with van der Waals surface area (Å²) in [6.45, 7) is -5.35. The summed E-state index contributed by atoms with van der Waals surface area (Å²) in [4.78, 5) is 0. The van der Waals surface area contributed by atoms with Crippen LogP contribution in [0.5, 0.6) is 0 Å². The van der Waals surface area contributed by atoms with Crippen LogP contribution in [0.3, 0.4) is 0 Å². The van der Waals surface area contributed by atoms with Crippen LogP contribution in [0.1, 0.15) is 12.0 Å². The summed E-state index contributed by atoms with van der Waals surface area (Å²) in [7, 11) is 0. The Hall–Kier alpha value is -1.07. The summed E-state index contributed by atoms with van der Waals surface area (Å²) in [5, 5.41) is 0. The first-order chi connectivity index (χ1) is 5.93. The van der Waals surface area contributed by atoms with Gasteiger partial charge in [0.1, 0.15) is 0 Å². The van der Waals surface area contributed by atoms with Crippen LogP contribution in [0.2, 0.25) is 0 Å². The second-order valence-corrected chi connectivity index (χ2v) is 2.50. The van der Waals surface area contributed by atoms with Crippen LogP contribution >= 0.6 is 0 Å². The molecule has 0 heterocycles. The van der Waals surface area contributed by atoms with Crippen molar-refractivity contribution >= 4 is 12.4 Å². The van der Waals surface area contributed by atoms with Crippen LogP contribution < -0.4 is 5.46 Å². The van der Waals surface area contributed by atoms with Gasteiger partial charge in [-0.25, -0.2) is 8.78 Å². The number of rotatable bonds is 2. The Morgan fingerprint density at radius 2 is 1.54 bits per heavy atom. The first-order valence-electron chi connectivity index (χ1n) is 3.50. The normalized spacial score (nSPS) is 12.2. The highest BCUT2D eigenvalue weighted by Crippen LogP contribution is 2.21. The Bertz CT molecular complexity index is 293. The van der Waals surface area contributed by atoms with Crippen molar-refractivity contribution in [3.8, 4) is 0 Å². The minimum absolute atomic E-state index is 0.668. The summed E-state index contributed by atoms with van der Waals surface area (Å²) in [6.07, 6.45) is -3.08. The van der Waals surface area contributed by atoms with E-state index in [1.54, 1.807) is 0 Å². The summed E-state index contributed by atoms with van der Waals surface area (Å²) in [5.41, 5.74) is -2.16. The van der Waals surface area contributed by atoms with Crippen molar-refractivity contribution in [3.05, 3.63) is 29.8 Å². The largest absolute Gasteiger partial charge is 0.510 e. The highest BCUT2D eigenvalue weighted by molar-refractivity contribution is 6.74. The van der Waals surface area contributed by atoms with E-state index in [2.05, 4.69) is 0 Å². The summed E-state index contributed by atoms with van der Waals surface area (Å²) < 4.78 is 60.5. The van der Waals surface area contributed by atoms with Crippen molar-refractivity contribution in [1.29, 1.82) is 0 Å². The third kappa shape index (κ3) is 2.20. The van der Waals surface area contributed by atoms with Crippen molar-refractivity contribution in [2.45, 2.75) is 6.43 Å². The minimum atomic E-state index is -5.35. The van der Waals surface area contributed by atoms with E-state index in [1.807, 2.05) is 0 Å². The van der Waals surface area contributed by atoms with Gasteiger partial charge in [-0.15, -0.1) is 0 Å². The lowest BCUT2D eigenvalue weighted by Crippen LogP contribution is -2.36. The predicted octanol–water partition coefficient (Wildman–Crippen LogP) is 2.68. The lowest BCUT2D eigenvalue weighted by atomic mass is 9.77. The molecule has 0 N–H and O–H groups in total. The Morgan fingerprint density at radius 3 is 1.92 bits per heavy atom. The molecular formula is C7H5BF5-. The molecule has 0 aliphatic carbocycles. The van der Waals surface area contributed by atoms with E-state index in [9.17, 15) is 21.7 Å². The highest BCUT2D eigenvalue weighted by atomic mass is 19.4. The maximum Gasteiger partial charge on any atom is 0.510 e. The molecular weight excluding hydrogens is 190 g/mol. The lowest BCUT2D eigenvalue weighted by molar-refractivity contribution is 0.152. The quantitative estimate of drug-likeness (QED) is 0.502. The fraction of sp³-hybridized carbons (Fsp3) is 0.143. The van der Waals surface area contributed by atoms with E-state index in [4.69, 9.17) is 0 Å². The van der Waals surface area contributed by atoms with Crippen LogP contribution in [-0.4, -0.2) is 6.98 Å². The number of halogens is 5. The Labute approximate surface area is 71.4 Å². The Balaban J connectivity index is 3.20. The monoisotopic (exact) mass is 195 g/mol. The van der Waals surface area contributed by atoms with Gasteiger partial charge >= 0.3 is 6.98 Å². The van der Waals surface area contributed by atoms with Gasteiger partial charge in [-0.3, -0.25) is 0 Å². The second kappa shape index (κ2) is 3.36. The van der Waals surface area contributed by atoms with Crippen LogP contribution in [0.25, 0.3) is 0 Å². The summed E-state index contributed by atoms with van der Waals surface area (Å²) in [6, 6.07) is 3.71. The molecule has 0 fully saturated rings. The van der Waals surface area contributed by atoms with Gasteiger partial charge in [-0.05, 0) is 5.56 Å². The SMILES string of the molecule is FC(F)c1ccccc1[B-](F)(F)F. The molecule has 0 spiro atoms. The predicted molar refractivity (Wildman–Crippen MR) is 40.1 cm³/mol. The molecule has 1 rings (SSSR count). The van der Waals surface area contributed by atoms with Crippen molar-refractivity contribution < 1.29 is 21.7 Å². The van der Waals surface area contributed by atoms with E-state index < -0.39 is 24.4 Å². The first kappa shape index (κ1) is 10.0. The second-order valence-electron chi connectivity index (χ2n) is 2.50. The zero-order valence-electron chi connectivity index (χ0n) is 6.35. The molecule has 1 aromatic rings. The molecule has 0 atom stereocenters. The van der Waals surface area contributed by atoms with E-state index >= 15 is 0 Å². The average molecular weight is 195 g/mol. The zero-order chi connectivity index (χ0) is 10.1. The maximum atomic E-state index is 12.1. The van der Waals surface area contributed by atoms with E-state index in [0.29, 0.717) is 6.07 Å². The average Bonchev–Trinajstić information content (AvgIpc) is 2.03. The highest BCUT2D eigenvalue weighted by Gasteiger charge is 2.30. The van der Waals surface area contributed by atoms with Crippen molar-refractivity contribution in [2.24, 2.45) is 0 Å². The smallest absolute Gasteiger partial charge is 0.445 e. The van der Waals surface area contributed by atoms with Crippen molar-refractivity contribution in [2.75, 3.05) is 0 Å². The number of hydrogen-bond donors (Lipinski definition) is 0. The van der Waals surface area contributed by atoms with Gasteiger partial charge in [-0.1, -0.05) is 29.7 Å². The third-order valence-electron chi connectivity index (χ3n) is 1.58. The van der Waals surface area contributed by atoms with Crippen molar-refractivity contribution in [3.63, 3.8) is 0 Å². The summed E-state index contributed by atoms with van der Waals surface area (Å²) in [5.74, 6) is 0. The van der Waals surface area contributed by atoms with E-state index in [0.717, 1.165) is 18.2 Å². The number of hydrogen-bond acceptors (Lipinski definition) is 0. The zero-order valence-corrected chi connectivity index (χ0v) is 6.35. The molecule has 0 nitrogen and oxygen atoms in total. The van der Waals surface area contributed by atoms with Gasteiger partial charge in [0.05, 0.1) is 0 Å². The molecule has 0 saturated carbocycles. The fourth-order valence-corrected chi connectivity index (χ4v) is 1.01. The lowest BCUT2D eigenvalue weighted by Gasteiger charge is -2.18. The molecule has 6 heteroatoms. The molecule has 1 aromatic carbocycles. The van der Waals surface area contributed by atoms with E-state index in [1.165, 1.54) is 0 Å². The van der Waals surface area contributed by atoms with Gasteiger partial charge < -0.3 is 12.9 Å². The van der Waals surface area contributed by atoms with Crippen LogP contribution in [0.4, 0.5) is 21.7 Å². The van der Waals surface area contributed by atoms with Crippen LogP contribution in [0.15, 0.2) is 24.3 Å². The molecule has 0 aliphatic heterocycles. The molecule has 72 valence electrons. The topological polar surface area (TPSA) is 0 Å². The van der Waals surface area contributed by atoms with Crippen LogP contribution in [-0.2, 0) is 0 Å². The Kier molecular flexibility index (Phi) is 2.59. The van der Waals surface area contributed by atoms with Gasteiger partial charge in [-0.2, -0.15) is 0 Å². The van der Waals surface area contributed by atoms with Gasteiger partial charge in [0.2, 0.25) is 0 Å². The standard InChI is InChI=1S/C7H5BF5/c9-7(10)5-3-1-2-4-6(5)8(11,12)13/h1-4,7H/q-1. The molecule has 0 radical (unpaired) electrons. The van der Waals surface area contributed by atoms with Crippen molar-refractivity contribution in [1.82, 2.24) is 0 Å². The van der Waals surface area contributed by atoms with Gasteiger partial charge in [0, 0.05) is 0 Å². The third-order valence-corrected chi connectivity index (χ3v) is 1.58. The fourth-order valence-electron chi connectivity index (χ4n) is 1.01. The van der Waals surface area contributed by atoms with Gasteiger partial charge in [0.25, 0.3) is 6.43 Å². The molecule has 13 heavy (non-hydrogen) atoms. The molecule has 0 aliphatic rings. The Morgan fingerprint density at radius 1 is 1.00 bits per heavy atom. The molecule has 0 bridgehead atoms. The first-order valence-corrected chi connectivity index (χ1v) is 3.50. The van der Waals surface area contributed by atoms with Gasteiger partial charge in [0.15, 0.2) is 0 Å². The molecule has 0 amide bonds.